The van der Waals surface area contributed by atoms with E-state index in [1.54, 1.807) is 0 Å². The molecule has 1 aliphatic rings. The Morgan fingerprint density at radius 1 is 1.21 bits per heavy atom. The highest BCUT2D eigenvalue weighted by Crippen LogP contribution is 2.21. The predicted molar refractivity (Wildman–Crippen MR) is 97.7 cm³/mol. The maximum atomic E-state index is 12.4. The minimum Gasteiger partial charge on any atom is -0.343 e. The van der Waals surface area contributed by atoms with Crippen molar-refractivity contribution >= 4 is 15.7 Å². The third-order valence-corrected chi connectivity index (χ3v) is 7.36. The van der Waals surface area contributed by atoms with E-state index in [0.717, 1.165) is 6.42 Å². The molecule has 1 aliphatic heterocycles. The third-order valence-electron chi connectivity index (χ3n) is 4.74. The first kappa shape index (κ1) is 19.0. The zero-order valence-electron chi connectivity index (χ0n) is 15.0. The molecule has 0 saturated carbocycles. The number of hydrogen-bond donors (Lipinski definition) is 0. The zero-order chi connectivity index (χ0) is 17.7. The summed E-state index contributed by atoms with van der Waals surface area (Å²) in [7, 11) is -3.03. The van der Waals surface area contributed by atoms with E-state index in [4.69, 9.17) is 0 Å². The number of likely N-dealkylation sites (tertiary alicyclic amines) is 1. The number of aryl methyl sites for hydroxylation is 2. The molecule has 4 nitrogen and oxygen atoms in total. The van der Waals surface area contributed by atoms with Gasteiger partial charge in [0.05, 0.1) is 11.0 Å². The van der Waals surface area contributed by atoms with Gasteiger partial charge in [-0.1, -0.05) is 38.1 Å². The summed E-state index contributed by atoms with van der Waals surface area (Å²) in [4.78, 5) is 14.2. The first-order chi connectivity index (χ1) is 11.3. The quantitative estimate of drug-likeness (QED) is 0.792. The Morgan fingerprint density at radius 2 is 1.83 bits per heavy atom. The third kappa shape index (κ3) is 5.07. The number of nitrogens with zero attached hydrogens (tertiary/aromatic N) is 1. The molecule has 134 valence electrons. The van der Waals surface area contributed by atoms with Crippen molar-refractivity contribution in [2.45, 2.75) is 51.7 Å². The lowest BCUT2D eigenvalue weighted by Crippen LogP contribution is -2.43. The number of amides is 1. The number of carbonyl (C=O) groups excluding carboxylic acids is 1. The standard InChI is InChI=1S/C19H29NO3S/c1-15(2)14-24(22,23)18-10-12-20(13-11-18)19(21)9-8-17-7-5-4-6-16(17)3/h4-7,15,18H,8-14H2,1-3H3. The number of benzene rings is 1. The molecule has 0 aromatic heterocycles. The molecule has 0 N–H and O–H groups in total. The Morgan fingerprint density at radius 3 is 2.42 bits per heavy atom. The largest absolute Gasteiger partial charge is 0.343 e. The lowest BCUT2D eigenvalue weighted by molar-refractivity contribution is -0.132. The summed E-state index contributed by atoms with van der Waals surface area (Å²) in [5.41, 5.74) is 2.42. The fourth-order valence-electron chi connectivity index (χ4n) is 3.36. The second-order valence-electron chi connectivity index (χ2n) is 7.23. The van der Waals surface area contributed by atoms with Gasteiger partial charge in [0.15, 0.2) is 9.84 Å². The van der Waals surface area contributed by atoms with Crippen LogP contribution < -0.4 is 0 Å². The molecule has 1 fully saturated rings. The Labute approximate surface area is 146 Å². The van der Waals surface area contributed by atoms with Crippen LogP contribution in [0.15, 0.2) is 24.3 Å². The molecule has 0 spiro atoms. The van der Waals surface area contributed by atoms with Gasteiger partial charge >= 0.3 is 0 Å². The van der Waals surface area contributed by atoms with E-state index in [0.29, 0.717) is 32.4 Å². The first-order valence-electron chi connectivity index (χ1n) is 8.83. The van der Waals surface area contributed by atoms with E-state index in [-0.39, 0.29) is 22.8 Å². The van der Waals surface area contributed by atoms with Crippen molar-refractivity contribution in [3.05, 3.63) is 35.4 Å². The predicted octanol–water partition coefficient (Wildman–Crippen LogP) is 2.99. The van der Waals surface area contributed by atoms with Crippen LogP contribution in [0.2, 0.25) is 0 Å². The highest BCUT2D eigenvalue weighted by atomic mass is 32.2. The first-order valence-corrected chi connectivity index (χ1v) is 10.5. The molecule has 1 aromatic carbocycles. The van der Waals surface area contributed by atoms with E-state index < -0.39 is 9.84 Å². The van der Waals surface area contributed by atoms with E-state index in [9.17, 15) is 13.2 Å². The SMILES string of the molecule is Cc1ccccc1CCC(=O)N1CCC(S(=O)(=O)CC(C)C)CC1. The molecule has 1 aromatic rings. The van der Waals surface area contributed by atoms with Crippen molar-refractivity contribution in [3.8, 4) is 0 Å². The highest BCUT2D eigenvalue weighted by molar-refractivity contribution is 7.92. The van der Waals surface area contributed by atoms with Gasteiger partial charge in [-0.15, -0.1) is 0 Å². The van der Waals surface area contributed by atoms with E-state index >= 15 is 0 Å². The maximum absolute atomic E-state index is 12.4. The second kappa shape index (κ2) is 8.15. The summed E-state index contributed by atoms with van der Waals surface area (Å²) in [6, 6.07) is 8.12. The normalized spacial score (nSPS) is 16.6. The molecule has 0 aliphatic carbocycles. The fraction of sp³-hybridized carbons (Fsp3) is 0.632. The van der Waals surface area contributed by atoms with Crippen molar-refractivity contribution in [2.75, 3.05) is 18.8 Å². The lowest BCUT2D eigenvalue weighted by atomic mass is 10.0. The van der Waals surface area contributed by atoms with Crippen LogP contribution in [0.25, 0.3) is 0 Å². The van der Waals surface area contributed by atoms with Gasteiger partial charge in [0, 0.05) is 19.5 Å². The van der Waals surface area contributed by atoms with Crippen molar-refractivity contribution in [1.82, 2.24) is 4.90 Å². The van der Waals surface area contributed by atoms with Gasteiger partial charge in [-0.2, -0.15) is 0 Å². The molecule has 0 atom stereocenters. The molecular formula is C19H29NO3S. The van der Waals surface area contributed by atoms with Crippen LogP contribution in [0.1, 0.15) is 44.2 Å². The topological polar surface area (TPSA) is 54.5 Å². The smallest absolute Gasteiger partial charge is 0.222 e. The summed E-state index contributed by atoms with van der Waals surface area (Å²) in [5, 5.41) is -0.277. The van der Waals surface area contributed by atoms with E-state index in [2.05, 4.69) is 19.1 Å². The zero-order valence-corrected chi connectivity index (χ0v) is 15.8. The summed E-state index contributed by atoms with van der Waals surface area (Å²) >= 11 is 0. The number of hydrogen-bond acceptors (Lipinski definition) is 3. The molecule has 1 saturated heterocycles. The van der Waals surface area contributed by atoms with E-state index in [1.165, 1.54) is 11.1 Å². The fourth-order valence-corrected chi connectivity index (χ4v) is 5.49. The Hall–Kier alpha value is -1.36. The summed E-state index contributed by atoms with van der Waals surface area (Å²) < 4.78 is 24.6. The molecular weight excluding hydrogens is 322 g/mol. The monoisotopic (exact) mass is 351 g/mol. The van der Waals surface area contributed by atoms with Crippen molar-refractivity contribution < 1.29 is 13.2 Å². The van der Waals surface area contributed by atoms with Crippen molar-refractivity contribution in [1.29, 1.82) is 0 Å². The van der Waals surface area contributed by atoms with Gasteiger partial charge in [0.25, 0.3) is 0 Å². The molecule has 2 rings (SSSR count). The van der Waals surface area contributed by atoms with Crippen molar-refractivity contribution in [2.24, 2.45) is 5.92 Å². The van der Waals surface area contributed by atoms with Crippen molar-refractivity contribution in [3.63, 3.8) is 0 Å². The molecule has 5 heteroatoms. The van der Waals surface area contributed by atoms with E-state index in [1.807, 2.05) is 30.9 Å². The van der Waals surface area contributed by atoms with Gasteiger partial charge in [-0.3, -0.25) is 4.79 Å². The van der Waals surface area contributed by atoms with Crippen LogP contribution in [-0.4, -0.2) is 43.3 Å². The van der Waals surface area contributed by atoms with Crippen LogP contribution in [0, 0.1) is 12.8 Å². The second-order valence-corrected chi connectivity index (χ2v) is 9.56. The van der Waals surface area contributed by atoms with Crippen LogP contribution in [0.4, 0.5) is 0 Å². The average Bonchev–Trinajstić information content (AvgIpc) is 2.53. The van der Waals surface area contributed by atoms with Gasteiger partial charge < -0.3 is 4.90 Å². The molecule has 1 heterocycles. The number of sulfone groups is 1. The minimum atomic E-state index is -3.03. The molecule has 24 heavy (non-hydrogen) atoms. The Balaban J connectivity index is 1.84. The van der Waals surface area contributed by atoms with Gasteiger partial charge in [-0.25, -0.2) is 8.42 Å². The summed E-state index contributed by atoms with van der Waals surface area (Å²) in [6.45, 7) is 7.05. The lowest BCUT2D eigenvalue weighted by Gasteiger charge is -2.32. The molecule has 0 unspecified atom stereocenters. The highest BCUT2D eigenvalue weighted by Gasteiger charge is 2.31. The molecule has 1 amide bonds. The minimum absolute atomic E-state index is 0.137. The molecule has 0 radical (unpaired) electrons. The van der Waals surface area contributed by atoms with Gasteiger partial charge in [0.2, 0.25) is 5.91 Å². The van der Waals surface area contributed by atoms with Crippen LogP contribution >= 0.6 is 0 Å². The summed E-state index contributed by atoms with van der Waals surface area (Å²) in [5.74, 6) is 0.542. The summed E-state index contributed by atoms with van der Waals surface area (Å²) in [6.07, 6.45) is 2.39. The number of piperidine rings is 1. The number of carbonyl (C=O) groups is 1. The Kier molecular flexibility index (Phi) is 6.44. The van der Waals surface area contributed by atoms with Gasteiger partial charge in [-0.05, 0) is 43.2 Å². The average molecular weight is 352 g/mol. The maximum Gasteiger partial charge on any atom is 0.222 e. The number of rotatable bonds is 6. The van der Waals surface area contributed by atoms with Crippen LogP contribution in [0.3, 0.4) is 0 Å². The molecule has 0 bridgehead atoms. The van der Waals surface area contributed by atoms with Gasteiger partial charge in [0.1, 0.15) is 0 Å². The van der Waals surface area contributed by atoms with Crippen LogP contribution in [0.5, 0.6) is 0 Å². The Bertz CT molecular complexity index is 659. The van der Waals surface area contributed by atoms with Crippen LogP contribution in [-0.2, 0) is 21.1 Å².